The molecule has 5 nitrogen and oxygen atoms in total. The average Bonchev–Trinajstić information content (AvgIpc) is 3.46. The number of hydrogen-bond donors (Lipinski definition) is 1. The summed E-state index contributed by atoms with van der Waals surface area (Å²) >= 11 is 0. The van der Waals surface area contributed by atoms with Crippen molar-refractivity contribution < 1.29 is 18.8 Å². The largest absolute Gasteiger partial charge is 0.326 e. The molecule has 1 aliphatic heterocycles. The molecule has 0 atom stereocenters. The summed E-state index contributed by atoms with van der Waals surface area (Å²) in [7, 11) is 0. The number of Topliss-reactive ketones (excluding diaryl/α,β-unsaturated/α-hetero) is 1. The Bertz CT molecular complexity index is 953. The first kappa shape index (κ1) is 18.3. The van der Waals surface area contributed by atoms with Gasteiger partial charge in [-0.05, 0) is 49.1 Å². The minimum Gasteiger partial charge on any atom is -0.326 e. The molecule has 2 aromatic rings. The maximum atomic E-state index is 13.6. The highest BCUT2D eigenvalue weighted by Crippen LogP contribution is 2.37. The lowest BCUT2D eigenvalue weighted by Crippen LogP contribution is -2.30. The predicted molar refractivity (Wildman–Crippen MR) is 104 cm³/mol. The lowest BCUT2D eigenvalue weighted by Gasteiger charge is -2.18. The lowest BCUT2D eigenvalue weighted by atomic mass is 10.1. The van der Waals surface area contributed by atoms with Crippen molar-refractivity contribution in [1.29, 1.82) is 0 Å². The zero-order valence-corrected chi connectivity index (χ0v) is 15.4. The molecule has 0 bridgehead atoms. The molecule has 2 aromatic carbocycles. The number of carbonyl (C=O) groups excluding carboxylic acids is 3. The van der Waals surface area contributed by atoms with E-state index >= 15 is 0 Å². The molecule has 0 saturated heterocycles. The second kappa shape index (κ2) is 7.54. The van der Waals surface area contributed by atoms with Crippen LogP contribution in [0.15, 0.2) is 42.5 Å². The van der Waals surface area contributed by atoms with Crippen molar-refractivity contribution in [1.82, 2.24) is 0 Å². The Morgan fingerprint density at radius 3 is 2.61 bits per heavy atom. The normalized spacial score (nSPS) is 15.2. The highest BCUT2D eigenvalue weighted by Gasteiger charge is 2.36. The molecular formula is C22H21FN2O3. The lowest BCUT2D eigenvalue weighted by molar-refractivity contribution is -0.119. The summed E-state index contributed by atoms with van der Waals surface area (Å²) in [5, 5.41) is 2.77. The molecule has 1 N–H and O–H groups in total. The van der Waals surface area contributed by atoms with E-state index in [1.807, 2.05) is 17.0 Å². The molecule has 4 rings (SSSR count). The van der Waals surface area contributed by atoms with Gasteiger partial charge in [-0.3, -0.25) is 14.4 Å². The van der Waals surface area contributed by atoms with Gasteiger partial charge < -0.3 is 10.2 Å². The maximum absolute atomic E-state index is 13.6. The van der Waals surface area contributed by atoms with Crippen LogP contribution in [0.5, 0.6) is 0 Å². The summed E-state index contributed by atoms with van der Waals surface area (Å²) in [5.41, 5.74) is 2.55. The molecule has 6 heteroatoms. The van der Waals surface area contributed by atoms with E-state index in [9.17, 15) is 18.8 Å². The smallest absolute Gasteiger partial charge is 0.230 e. The SMILES string of the molecule is O=C(CCC(=O)c1ccccc1F)Nc1ccc2c(c1)N(C(=O)C1CC1)CC2. The van der Waals surface area contributed by atoms with Crippen LogP contribution in [-0.4, -0.2) is 24.1 Å². The zero-order chi connectivity index (χ0) is 19.7. The van der Waals surface area contributed by atoms with Gasteiger partial charge >= 0.3 is 0 Å². The summed E-state index contributed by atoms with van der Waals surface area (Å²) in [6.45, 7) is 0.680. The second-order valence-electron chi connectivity index (χ2n) is 7.31. The van der Waals surface area contributed by atoms with Gasteiger partial charge in [0.05, 0.1) is 5.56 Å². The highest BCUT2D eigenvalue weighted by atomic mass is 19.1. The third-order valence-electron chi connectivity index (χ3n) is 5.21. The summed E-state index contributed by atoms with van der Waals surface area (Å²) < 4.78 is 13.6. The first-order chi connectivity index (χ1) is 13.5. The molecule has 2 aliphatic rings. The van der Waals surface area contributed by atoms with Crippen molar-refractivity contribution >= 4 is 29.0 Å². The molecule has 1 saturated carbocycles. The van der Waals surface area contributed by atoms with E-state index in [0.717, 1.165) is 30.5 Å². The minimum absolute atomic E-state index is 0.00191. The van der Waals surface area contributed by atoms with Gasteiger partial charge in [-0.15, -0.1) is 0 Å². The van der Waals surface area contributed by atoms with Gasteiger partial charge in [0.2, 0.25) is 11.8 Å². The molecule has 1 aliphatic carbocycles. The first-order valence-electron chi connectivity index (χ1n) is 9.55. The Balaban J connectivity index is 1.37. The Morgan fingerprint density at radius 2 is 1.86 bits per heavy atom. The van der Waals surface area contributed by atoms with Crippen LogP contribution < -0.4 is 10.2 Å². The summed E-state index contributed by atoms with van der Waals surface area (Å²) in [4.78, 5) is 38.6. The number of nitrogens with zero attached hydrogens (tertiary/aromatic N) is 1. The van der Waals surface area contributed by atoms with Crippen molar-refractivity contribution in [2.24, 2.45) is 5.92 Å². The molecule has 144 valence electrons. The van der Waals surface area contributed by atoms with Gasteiger partial charge in [0.25, 0.3) is 0 Å². The average molecular weight is 380 g/mol. The van der Waals surface area contributed by atoms with Gasteiger partial charge in [-0.2, -0.15) is 0 Å². The predicted octanol–water partition coefficient (Wildman–Crippen LogP) is 3.73. The number of benzene rings is 2. The topological polar surface area (TPSA) is 66.5 Å². The summed E-state index contributed by atoms with van der Waals surface area (Å²) in [6.07, 6.45) is 2.63. The van der Waals surface area contributed by atoms with E-state index < -0.39 is 11.6 Å². The zero-order valence-electron chi connectivity index (χ0n) is 15.4. The summed E-state index contributed by atoms with van der Waals surface area (Å²) in [5.74, 6) is -0.982. The van der Waals surface area contributed by atoms with Crippen molar-refractivity contribution in [3.8, 4) is 0 Å². The Kier molecular flexibility index (Phi) is 4.94. The monoisotopic (exact) mass is 380 g/mol. The number of anilines is 2. The van der Waals surface area contributed by atoms with Crippen LogP contribution in [-0.2, 0) is 16.0 Å². The first-order valence-corrected chi connectivity index (χ1v) is 9.55. The number of nitrogens with one attached hydrogen (secondary N) is 1. The van der Waals surface area contributed by atoms with Gasteiger partial charge in [0.1, 0.15) is 5.82 Å². The molecule has 0 spiro atoms. The van der Waals surface area contributed by atoms with E-state index in [1.54, 1.807) is 12.1 Å². The molecule has 0 aromatic heterocycles. The van der Waals surface area contributed by atoms with Crippen LogP contribution in [0.2, 0.25) is 0 Å². The fourth-order valence-electron chi connectivity index (χ4n) is 3.51. The third kappa shape index (κ3) is 3.81. The number of rotatable bonds is 6. The number of fused-ring (bicyclic) bond motifs is 1. The molecular weight excluding hydrogens is 359 g/mol. The van der Waals surface area contributed by atoms with E-state index in [2.05, 4.69) is 5.32 Å². The van der Waals surface area contributed by atoms with Crippen LogP contribution in [0.4, 0.5) is 15.8 Å². The Morgan fingerprint density at radius 1 is 1.07 bits per heavy atom. The minimum atomic E-state index is -0.577. The Hall–Kier alpha value is -3.02. The second-order valence-corrected chi connectivity index (χ2v) is 7.31. The Labute approximate surface area is 162 Å². The summed E-state index contributed by atoms with van der Waals surface area (Å²) in [6, 6.07) is 11.3. The number of carbonyl (C=O) groups is 3. The van der Waals surface area contributed by atoms with Gasteiger partial charge in [-0.25, -0.2) is 4.39 Å². The molecule has 1 fully saturated rings. The van der Waals surface area contributed by atoms with Crippen molar-refractivity contribution in [3.05, 3.63) is 59.4 Å². The third-order valence-corrected chi connectivity index (χ3v) is 5.21. The van der Waals surface area contributed by atoms with Gasteiger partial charge in [0, 0.05) is 36.7 Å². The van der Waals surface area contributed by atoms with Gasteiger partial charge in [0.15, 0.2) is 5.78 Å². The fraction of sp³-hybridized carbons (Fsp3) is 0.318. The van der Waals surface area contributed by atoms with Crippen molar-refractivity contribution in [2.45, 2.75) is 32.1 Å². The van der Waals surface area contributed by atoms with Crippen molar-refractivity contribution in [3.63, 3.8) is 0 Å². The highest BCUT2D eigenvalue weighted by molar-refractivity contribution is 6.01. The van der Waals surface area contributed by atoms with E-state index in [0.29, 0.717) is 12.2 Å². The number of amides is 2. The molecule has 0 unspecified atom stereocenters. The van der Waals surface area contributed by atoms with Crippen LogP contribution in [0.3, 0.4) is 0 Å². The van der Waals surface area contributed by atoms with Crippen LogP contribution in [0.25, 0.3) is 0 Å². The van der Waals surface area contributed by atoms with E-state index in [1.165, 1.54) is 18.2 Å². The van der Waals surface area contributed by atoms with E-state index in [-0.39, 0.29) is 36.1 Å². The van der Waals surface area contributed by atoms with Gasteiger partial charge in [-0.1, -0.05) is 18.2 Å². The fourth-order valence-corrected chi connectivity index (χ4v) is 3.51. The maximum Gasteiger partial charge on any atom is 0.230 e. The molecule has 0 radical (unpaired) electrons. The molecule has 1 heterocycles. The number of halogens is 1. The quantitative estimate of drug-likeness (QED) is 0.777. The van der Waals surface area contributed by atoms with Crippen molar-refractivity contribution in [2.75, 3.05) is 16.8 Å². The molecule has 2 amide bonds. The molecule has 28 heavy (non-hydrogen) atoms. The van der Waals surface area contributed by atoms with E-state index in [4.69, 9.17) is 0 Å². The van der Waals surface area contributed by atoms with Crippen LogP contribution in [0, 0.1) is 11.7 Å². The standard InChI is InChI=1S/C22H21FN2O3/c23-18-4-2-1-3-17(18)20(26)9-10-21(27)24-16-8-7-14-11-12-25(19(14)13-16)22(28)15-5-6-15/h1-4,7-8,13,15H,5-6,9-12H2,(H,24,27). The van der Waals surface area contributed by atoms with Crippen LogP contribution >= 0.6 is 0 Å². The van der Waals surface area contributed by atoms with Crippen LogP contribution in [0.1, 0.15) is 41.6 Å². The number of hydrogen-bond acceptors (Lipinski definition) is 3. The number of ketones is 1.